The third kappa shape index (κ3) is 3.16. The number of hydrogen-bond donors (Lipinski definition) is 0. The molecule has 2 aromatic carbocycles. The second kappa shape index (κ2) is 7.55. The lowest BCUT2D eigenvalue weighted by Crippen LogP contribution is -2.21. The van der Waals surface area contributed by atoms with Gasteiger partial charge in [-0.05, 0) is 43.3 Å². The molecule has 5 aromatic rings. The van der Waals surface area contributed by atoms with Crippen molar-refractivity contribution in [3.8, 4) is 11.4 Å². The van der Waals surface area contributed by atoms with Crippen LogP contribution < -0.4 is 4.90 Å². The number of hydrogen-bond acceptors (Lipinski definition) is 5. The zero-order valence-corrected chi connectivity index (χ0v) is 17.0. The number of benzene rings is 2. The SMILES string of the molecule is CCn1c(CN(C)c2nc(-c3cccnc3)nc3ccccc23)nc2ccccc21. The maximum absolute atomic E-state index is 4.91. The van der Waals surface area contributed by atoms with Crippen molar-refractivity contribution in [3.05, 3.63) is 78.9 Å². The van der Waals surface area contributed by atoms with Gasteiger partial charge in [0.2, 0.25) is 0 Å². The van der Waals surface area contributed by atoms with Crippen LogP contribution in [0.1, 0.15) is 12.7 Å². The molecule has 0 bridgehead atoms. The Morgan fingerprint density at radius 3 is 2.47 bits per heavy atom. The highest BCUT2D eigenvalue weighted by atomic mass is 15.2. The maximum atomic E-state index is 4.91. The molecule has 0 N–H and O–H groups in total. The third-order valence-corrected chi connectivity index (χ3v) is 5.29. The van der Waals surface area contributed by atoms with Crippen molar-refractivity contribution >= 4 is 27.8 Å². The second-order valence-corrected chi connectivity index (χ2v) is 7.25. The molecule has 0 radical (unpaired) electrons. The Hall–Kier alpha value is -3.80. The first-order chi connectivity index (χ1) is 14.7. The molecule has 30 heavy (non-hydrogen) atoms. The Balaban J connectivity index is 1.60. The fourth-order valence-corrected chi connectivity index (χ4v) is 3.86. The molecule has 0 aliphatic heterocycles. The molecule has 5 rings (SSSR count). The van der Waals surface area contributed by atoms with E-state index in [4.69, 9.17) is 15.0 Å². The number of anilines is 1. The van der Waals surface area contributed by atoms with Crippen LogP contribution in [0.25, 0.3) is 33.3 Å². The topological polar surface area (TPSA) is 59.7 Å². The standard InChI is InChI=1S/C24H22N6/c1-3-30-21-13-7-6-12-20(21)26-22(30)16-29(2)24-18-10-4-5-11-19(18)27-23(28-24)17-9-8-14-25-15-17/h4-15H,3,16H2,1-2H3. The van der Waals surface area contributed by atoms with Crippen LogP contribution in [0.5, 0.6) is 0 Å². The van der Waals surface area contributed by atoms with E-state index in [2.05, 4.69) is 52.7 Å². The lowest BCUT2D eigenvalue weighted by atomic mass is 10.2. The zero-order chi connectivity index (χ0) is 20.5. The third-order valence-electron chi connectivity index (χ3n) is 5.29. The summed E-state index contributed by atoms with van der Waals surface area (Å²) in [6.45, 7) is 3.67. The summed E-state index contributed by atoms with van der Waals surface area (Å²) in [5.41, 5.74) is 3.99. The van der Waals surface area contributed by atoms with Crippen LogP contribution in [0, 0.1) is 0 Å². The van der Waals surface area contributed by atoms with Gasteiger partial charge in [0.1, 0.15) is 11.6 Å². The van der Waals surface area contributed by atoms with Gasteiger partial charge < -0.3 is 9.47 Å². The van der Waals surface area contributed by atoms with E-state index in [1.54, 1.807) is 12.4 Å². The van der Waals surface area contributed by atoms with Gasteiger partial charge in [0.25, 0.3) is 0 Å². The van der Waals surface area contributed by atoms with E-state index in [-0.39, 0.29) is 0 Å². The fourth-order valence-electron chi connectivity index (χ4n) is 3.86. The molecule has 3 heterocycles. The van der Waals surface area contributed by atoms with E-state index in [0.717, 1.165) is 45.7 Å². The predicted octanol–water partition coefficient (Wildman–Crippen LogP) is 4.70. The molecule has 0 fully saturated rings. The molecule has 6 nitrogen and oxygen atoms in total. The lowest BCUT2D eigenvalue weighted by molar-refractivity contribution is 0.700. The van der Waals surface area contributed by atoms with Crippen LogP contribution in [-0.2, 0) is 13.1 Å². The van der Waals surface area contributed by atoms with Gasteiger partial charge in [0.15, 0.2) is 5.82 Å². The molecule has 0 unspecified atom stereocenters. The molecule has 6 heteroatoms. The van der Waals surface area contributed by atoms with Gasteiger partial charge in [-0.1, -0.05) is 24.3 Å². The molecule has 0 saturated carbocycles. The molecule has 148 valence electrons. The molecular formula is C24H22N6. The number of nitrogens with zero attached hydrogens (tertiary/aromatic N) is 6. The summed E-state index contributed by atoms with van der Waals surface area (Å²) in [4.78, 5) is 20.9. The minimum Gasteiger partial charge on any atom is -0.352 e. The van der Waals surface area contributed by atoms with Gasteiger partial charge in [-0.3, -0.25) is 4.98 Å². The number of aryl methyl sites for hydroxylation is 1. The van der Waals surface area contributed by atoms with E-state index in [1.165, 1.54) is 0 Å². The Kier molecular flexibility index (Phi) is 4.59. The van der Waals surface area contributed by atoms with Gasteiger partial charge in [0, 0.05) is 36.9 Å². The number of para-hydroxylation sites is 3. The molecule has 0 amide bonds. The van der Waals surface area contributed by atoms with Crippen LogP contribution in [0.3, 0.4) is 0 Å². The van der Waals surface area contributed by atoms with E-state index in [1.807, 2.05) is 36.4 Å². The van der Waals surface area contributed by atoms with Gasteiger partial charge in [-0.25, -0.2) is 15.0 Å². The number of fused-ring (bicyclic) bond motifs is 2. The number of aromatic nitrogens is 5. The summed E-state index contributed by atoms with van der Waals surface area (Å²) in [5.74, 6) is 2.58. The quantitative estimate of drug-likeness (QED) is 0.432. The van der Waals surface area contributed by atoms with Gasteiger partial charge in [0.05, 0.1) is 23.1 Å². The largest absolute Gasteiger partial charge is 0.352 e. The van der Waals surface area contributed by atoms with Crippen molar-refractivity contribution in [2.45, 2.75) is 20.0 Å². The second-order valence-electron chi connectivity index (χ2n) is 7.25. The predicted molar refractivity (Wildman–Crippen MR) is 120 cm³/mol. The Morgan fingerprint density at radius 2 is 1.67 bits per heavy atom. The van der Waals surface area contributed by atoms with Crippen molar-refractivity contribution in [1.29, 1.82) is 0 Å². The minimum atomic E-state index is 0.649. The zero-order valence-electron chi connectivity index (χ0n) is 17.0. The van der Waals surface area contributed by atoms with Crippen LogP contribution in [0.2, 0.25) is 0 Å². The van der Waals surface area contributed by atoms with Gasteiger partial charge >= 0.3 is 0 Å². The van der Waals surface area contributed by atoms with Crippen molar-refractivity contribution in [1.82, 2.24) is 24.5 Å². The highest BCUT2D eigenvalue weighted by molar-refractivity contribution is 5.91. The van der Waals surface area contributed by atoms with E-state index < -0.39 is 0 Å². The van der Waals surface area contributed by atoms with Gasteiger partial charge in [-0.15, -0.1) is 0 Å². The normalized spacial score (nSPS) is 11.3. The first kappa shape index (κ1) is 18.2. The van der Waals surface area contributed by atoms with Gasteiger partial charge in [-0.2, -0.15) is 0 Å². The molecular weight excluding hydrogens is 372 g/mol. The Labute approximate surface area is 174 Å². The van der Waals surface area contributed by atoms with Crippen molar-refractivity contribution in [2.75, 3.05) is 11.9 Å². The molecule has 0 aliphatic carbocycles. The molecule has 0 atom stereocenters. The summed E-state index contributed by atoms with van der Waals surface area (Å²) >= 11 is 0. The summed E-state index contributed by atoms with van der Waals surface area (Å²) in [6.07, 6.45) is 3.55. The first-order valence-corrected chi connectivity index (χ1v) is 10.1. The summed E-state index contributed by atoms with van der Waals surface area (Å²) < 4.78 is 2.26. The van der Waals surface area contributed by atoms with Crippen molar-refractivity contribution in [2.24, 2.45) is 0 Å². The molecule has 3 aromatic heterocycles. The average Bonchev–Trinajstić information content (AvgIpc) is 3.15. The molecule has 0 saturated heterocycles. The number of rotatable bonds is 5. The Bertz CT molecular complexity index is 1330. The summed E-state index contributed by atoms with van der Waals surface area (Å²) in [7, 11) is 2.06. The smallest absolute Gasteiger partial charge is 0.163 e. The highest BCUT2D eigenvalue weighted by Gasteiger charge is 2.16. The van der Waals surface area contributed by atoms with Crippen LogP contribution in [-0.4, -0.2) is 31.6 Å². The van der Waals surface area contributed by atoms with Crippen LogP contribution in [0.15, 0.2) is 73.1 Å². The highest BCUT2D eigenvalue weighted by Crippen LogP contribution is 2.28. The lowest BCUT2D eigenvalue weighted by Gasteiger charge is -2.21. The maximum Gasteiger partial charge on any atom is 0.163 e. The van der Waals surface area contributed by atoms with E-state index >= 15 is 0 Å². The van der Waals surface area contributed by atoms with Crippen LogP contribution in [0.4, 0.5) is 5.82 Å². The monoisotopic (exact) mass is 394 g/mol. The fraction of sp³-hybridized carbons (Fsp3) is 0.167. The molecule has 0 spiro atoms. The summed E-state index contributed by atoms with van der Waals surface area (Å²) in [5, 5.41) is 1.02. The van der Waals surface area contributed by atoms with Crippen LogP contribution >= 0.6 is 0 Å². The Morgan fingerprint density at radius 1 is 0.867 bits per heavy atom. The number of imidazole rings is 1. The van der Waals surface area contributed by atoms with E-state index in [9.17, 15) is 0 Å². The first-order valence-electron chi connectivity index (χ1n) is 10.1. The van der Waals surface area contributed by atoms with Crippen molar-refractivity contribution in [3.63, 3.8) is 0 Å². The van der Waals surface area contributed by atoms with E-state index in [0.29, 0.717) is 12.4 Å². The molecule has 0 aliphatic rings. The van der Waals surface area contributed by atoms with Crippen molar-refractivity contribution < 1.29 is 0 Å². The summed E-state index contributed by atoms with van der Waals surface area (Å²) in [6, 6.07) is 20.3. The number of pyridine rings is 1. The minimum absolute atomic E-state index is 0.649. The average molecular weight is 394 g/mol.